The number of quaternary nitrogens is 1. The lowest BCUT2D eigenvalue weighted by Crippen LogP contribution is -2.87. The Morgan fingerprint density at radius 1 is 1.14 bits per heavy atom. The van der Waals surface area contributed by atoms with Crippen LogP contribution in [-0.4, -0.2) is 49.1 Å². The van der Waals surface area contributed by atoms with Gasteiger partial charge in [-0.05, 0) is 30.5 Å². The van der Waals surface area contributed by atoms with Crippen LogP contribution >= 0.6 is 0 Å². The first-order chi connectivity index (χ1) is 13.7. The zero-order valence-electron chi connectivity index (χ0n) is 16.8. The zero-order chi connectivity index (χ0) is 19.8. The predicted molar refractivity (Wildman–Crippen MR) is 112 cm³/mol. The number of nitrogens with two attached hydrogens (primary N) is 1. The van der Waals surface area contributed by atoms with Gasteiger partial charge in [0.15, 0.2) is 6.54 Å². The van der Waals surface area contributed by atoms with E-state index >= 15 is 0 Å². The third-order valence-electron chi connectivity index (χ3n) is 5.02. The van der Waals surface area contributed by atoms with Gasteiger partial charge in [-0.2, -0.15) is 0 Å². The van der Waals surface area contributed by atoms with Crippen molar-refractivity contribution in [3.63, 3.8) is 0 Å². The van der Waals surface area contributed by atoms with Crippen LogP contribution in [0.4, 0.5) is 0 Å². The van der Waals surface area contributed by atoms with Gasteiger partial charge in [0.25, 0.3) is 5.91 Å². The molecule has 3 N–H and O–H groups in total. The van der Waals surface area contributed by atoms with Gasteiger partial charge < -0.3 is 19.9 Å². The number of nitrogens with one attached hydrogen (secondary N) is 1. The molecule has 0 aliphatic rings. The molecule has 0 bridgehead atoms. The van der Waals surface area contributed by atoms with Crippen LogP contribution in [-0.2, 0) is 22.5 Å². The van der Waals surface area contributed by atoms with Crippen molar-refractivity contribution in [2.45, 2.75) is 19.9 Å². The van der Waals surface area contributed by atoms with E-state index in [9.17, 15) is 4.79 Å². The number of carbonyl (C=O) groups excluding carboxylic acids is 1. The molecule has 0 fully saturated rings. The Kier molecular flexibility index (Phi) is 7.23. The number of nitrogens with zero attached hydrogens (tertiary/aromatic N) is 1. The Balaban J connectivity index is 1.67. The average Bonchev–Trinajstić information content (AvgIpc) is 3.13. The molecule has 0 aliphatic carbocycles. The van der Waals surface area contributed by atoms with Crippen LogP contribution in [0.1, 0.15) is 16.7 Å². The molecule has 1 aromatic heterocycles. The molecule has 0 saturated heterocycles. The number of amides is 1. The van der Waals surface area contributed by atoms with Crippen molar-refractivity contribution in [1.82, 2.24) is 9.88 Å². The lowest BCUT2D eigenvalue weighted by Gasteiger charge is -2.22. The Bertz CT molecular complexity index is 886. The number of H-pyrrole nitrogens is 1. The van der Waals surface area contributed by atoms with Gasteiger partial charge >= 0.3 is 0 Å². The molecule has 0 unspecified atom stereocenters. The first-order valence-corrected chi connectivity index (χ1v) is 9.86. The highest BCUT2D eigenvalue weighted by atomic mass is 16.5. The van der Waals surface area contributed by atoms with Crippen molar-refractivity contribution in [2.75, 3.05) is 33.4 Å². The quantitative estimate of drug-likeness (QED) is 0.530. The van der Waals surface area contributed by atoms with Crippen LogP contribution in [0.2, 0.25) is 0 Å². The van der Waals surface area contributed by atoms with Crippen LogP contribution in [0.15, 0.2) is 54.7 Å². The summed E-state index contributed by atoms with van der Waals surface area (Å²) in [4.78, 5) is 18.1. The van der Waals surface area contributed by atoms with E-state index in [2.05, 4.69) is 60.6 Å². The second-order valence-corrected chi connectivity index (χ2v) is 7.18. The fraction of sp³-hybridized carbons (Fsp3) is 0.348. The normalized spacial score (nSPS) is 11.1. The number of hydrogen-bond donors (Lipinski definition) is 2. The second-order valence-electron chi connectivity index (χ2n) is 7.18. The average molecular weight is 381 g/mol. The third kappa shape index (κ3) is 5.44. The van der Waals surface area contributed by atoms with Crippen molar-refractivity contribution in [3.8, 4) is 0 Å². The summed E-state index contributed by atoms with van der Waals surface area (Å²) in [6.07, 6.45) is 2.89. The minimum atomic E-state index is 0.163. The minimum Gasteiger partial charge on any atom is -0.379 e. The second kappa shape index (κ2) is 10.1. The maximum absolute atomic E-state index is 12.8. The summed E-state index contributed by atoms with van der Waals surface area (Å²) in [5.74, 6) is 0.163. The highest BCUT2D eigenvalue weighted by Gasteiger charge is 2.16. The number of aromatic amines is 1. The minimum absolute atomic E-state index is 0.163. The molecule has 5 heteroatoms. The number of aromatic nitrogens is 1. The molecule has 3 rings (SSSR count). The van der Waals surface area contributed by atoms with E-state index in [0.717, 1.165) is 24.0 Å². The fourth-order valence-electron chi connectivity index (χ4n) is 3.36. The van der Waals surface area contributed by atoms with E-state index in [0.29, 0.717) is 26.2 Å². The SMILES string of the molecule is COCC[NH2+]CC(=O)N(CCc1c[nH]c2ccccc12)Cc1ccc(C)cc1. The van der Waals surface area contributed by atoms with Gasteiger partial charge in [-0.1, -0.05) is 48.0 Å². The van der Waals surface area contributed by atoms with Crippen LogP contribution in [0, 0.1) is 6.92 Å². The number of carbonyl (C=O) groups is 1. The maximum atomic E-state index is 12.8. The molecule has 1 amide bonds. The summed E-state index contributed by atoms with van der Waals surface area (Å²) >= 11 is 0. The molecule has 28 heavy (non-hydrogen) atoms. The summed E-state index contributed by atoms with van der Waals surface area (Å²) in [6, 6.07) is 16.7. The molecule has 0 saturated carbocycles. The zero-order valence-corrected chi connectivity index (χ0v) is 16.8. The maximum Gasteiger partial charge on any atom is 0.277 e. The van der Waals surface area contributed by atoms with Gasteiger partial charge in [0, 0.05) is 37.3 Å². The smallest absolute Gasteiger partial charge is 0.277 e. The Hall–Kier alpha value is -2.63. The molecular formula is C23H30N3O2+. The molecule has 0 spiro atoms. The molecule has 1 heterocycles. The number of para-hydroxylation sites is 1. The molecule has 0 atom stereocenters. The third-order valence-corrected chi connectivity index (χ3v) is 5.02. The lowest BCUT2D eigenvalue weighted by molar-refractivity contribution is -0.646. The van der Waals surface area contributed by atoms with E-state index in [1.54, 1.807) is 7.11 Å². The van der Waals surface area contributed by atoms with E-state index in [1.807, 2.05) is 16.3 Å². The number of hydrogen-bond acceptors (Lipinski definition) is 2. The number of fused-ring (bicyclic) bond motifs is 1. The molecule has 0 aliphatic heterocycles. The van der Waals surface area contributed by atoms with Crippen molar-refractivity contribution in [1.29, 1.82) is 0 Å². The van der Waals surface area contributed by atoms with Crippen LogP contribution in [0.5, 0.6) is 0 Å². The number of ether oxygens (including phenoxy) is 1. The predicted octanol–water partition coefficient (Wildman–Crippen LogP) is 2.26. The monoisotopic (exact) mass is 380 g/mol. The molecule has 148 valence electrons. The highest BCUT2D eigenvalue weighted by molar-refractivity contribution is 5.83. The number of aryl methyl sites for hydroxylation is 1. The summed E-state index contributed by atoms with van der Waals surface area (Å²) in [6.45, 7) is 5.31. The van der Waals surface area contributed by atoms with Crippen LogP contribution in [0.25, 0.3) is 10.9 Å². The number of methoxy groups -OCH3 is 1. The molecular weight excluding hydrogens is 350 g/mol. The Morgan fingerprint density at radius 3 is 2.71 bits per heavy atom. The summed E-state index contributed by atoms with van der Waals surface area (Å²) in [7, 11) is 1.68. The summed E-state index contributed by atoms with van der Waals surface area (Å²) < 4.78 is 5.07. The number of benzene rings is 2. The van der Waals surface area contributed by atoms with Gasteiger partial charge in [0.2, 0.25) is 0 Å². The van der Waals surface area contributed by atoms with E-state index in [-0.39, 0.29) is 5.91 Å². The van der Waals surface area contributed by atoms with Gasteiger partial charge in [0.1, 0.15) is 0 Å². The lowest BCUT2D eigenvalue weighted by atomic mass is 10.1. The Morgan fingerprint density at radius 2 is 1.93 bits per heavy atom. The van der Waals surface area contributed by atoms with Crippen molar-refractivity contribution in [3.05, 3.63) is 71.4 Å². The van der Waals surface area contributed by atoms with Gasteiger partial charge in [-0.25, -0.2) is 0 Å². The van der Waals surface area contributed by atoms with Gasteiger partial charge in [-0.3, -0.25) is 4.79 Å². The molecule has 3 aromatic rings. The van der Waals surface area contributed by atoms with Crippen molar-refractivity contribution >= 4 is 16.8 Å². The van der Waals surface area contributed by atoms with Crippen LogP contribution in [0.3, 0.4) is 0 Å². The highest BCUT2D eigenvalue weighted by Crippen LogP contribution is 2.18. The molecule has 5 nitrogen and oxygen atoms in total. The van der Waals surface area contributed by atoms with Gasteiger partial charge in [0.05, 0.1) is 13.2 Å². The Labute approximate surface area is 166 Å². The first kappa shape index (κ1) is 20.1. The van der Waals surface area contributed by atoms with Crippen molar-refractivity contribution in [2.24, 2.45) is 0 Å². The van der Waals surface area contributed by atoms with E-state index in [1.165, 1.54) is 16.5 Å². The largest absolute Gasteiger partial charge is 0.379 e. The topological polar surface area (TPSA) is 61.9 Å². The van der Waals surface area contributed by atoms with Crippen molar-refractivity contribution < 1.29 is 14.8 Å². The molecule has 2 aromatic carbocycles. The standard InChI is InChI=1S/C23H29N3O2/c1-18-7-9-19(10-8-18)17-26(23(27)16-24-12-14-28-2)13-11-20-15-25-22-6-4-3-5-21(20)22/h3-10,15,24-25H,11-14,16-17H2,1-2H3/p+1. The van der Waals surface area contributed by atoms with Crippen LogP contribution < -0.4 is 5.32 Å². The number of rotatable bonds is 10. The van der Waals surface area contributed by atoms with E-state index < -0.39 is 0 Å². The summed E-state index contributed by atoms with van der Waals surface area (Å²) in [5, 5.41) is 3.25. The van der Waals surface area contributed by atoms with Gasteiger partial charge in [-0.15, -0.1) is 0 Å². The fourth-order valence-corrected chi connectivity index (χ4v) is 3.36. The summed E-state index contributed by atoms with van der Waals surface area (Å²) in [5.41, 5.74) is 4.78. The molecule has 0 radical (unpaired) electrons. The first-order valence-electron chi connectivity index (χ1n) is 9.86. The van der Waals surface area contributed by atoms with E-state index in [4.69, 9.17) is 4.74 Å².